The molecule has 0 amide bonds. The SMILES string of the molecule is Cc1ccccc1/C=C1\CNCS1. The minimum atomic E-state index is 1.03. The molecule has 0 atom stereocenters. The molecule has 1 aromatic rings. The van der Waals surface area contributed by atoms with E-state index in [0.29, 0.717) is 0 Å². The van der Waals surface area contributed by atoms with Gasteiger partial charge in [0.2, 0.25) is 0 Å². The molecule has 1 nitrogen and oxygen atoms in total. The van der Waals surface area contributed by atoms with E-state index >= 15 is 0 Å². The van der Waals surface area contributed by atoms with Gasteiger partial charge in [-0.1, -0.05) is 24.3 Å². The molecule has 2 rings (SSSR count). The Labute approximate surface area is 83.2 Å². The molecule has 0 aliphatic carbocycles. The minimum absolute atomic E-state index is 1.03. The lowest BCUT2D eigenvalue weighted by Crippen LogP contribution is -2.04. The molecule has 1 aliphatic heterocycles. The zero-order valence-corrected chi connectivity index (χ0v) is 8.53. The van der Waals surface area contributed by atoms with Crippen molar-refractivity contribution < 1.29 is 0 Å². The summed E-state index contributed by atoms with van der Waals surface area (Å²) < 4.78 is 0. The normalized spacial score (nSPS) is 19.6. The van der Waals surface area contributed by atoms with Crippen LogP contribution >= 0.6 is 11.8 Å². The van der Waals surface area contributed by atoms with Gasteiger partial charge in [-0.3, -0.25) is 0 Å². The summed E-state index contributed by atoms with van der Waals surface area (Å²) in [6.07, 6.45) is 2.28. The van der Waals surface area contributed by atoms with Gasteiger partial charge in [-0.05, 0) is 24.1 Å². The first-order valence-corrected chi connectivity index (χ1v) is 5.44. The Morgan fingerprint density at radius 2 is 2.23 bits per heavy atom. The van der Waals surface area contributed by atoms with E-state index in [0.717, 1.165) is 12.4 Å². The number of hydrogen-bond donors (Lipinski definition) is 1. The quantitative estimate of drug-likeness (QED) is 0.732. The largest absolute Gasteiger partial charge is 0.303 e. The Balaban J connectivity index is 2.25. The van der Waals surface area contributed by atoms with Gasteiger partial charge >= 0.3 is 0 Å². The van der Waals surface area contributed by atoms with Crippen LogP contribution in [0.3, 0.4) is 0 Å². The number of hydrogen-bond acceptors (Lipinski definition) is 2. The lowest BCUT2D eigenvalue weighted by Gasteiger charge is -2.00. The molecular formula is C11H13NS. The summed E-state index contributed by atoms with van der Waals surface area (Å²) in [5.41, 5.74) is 2.69. The summed E-state index contributed by atoms with van der Waals surface area (Å²) in [6, 6.07) is 8.49. The van der Waals surface area contributed by atoms with E-state index in [-0.39, 0.29) is 0 Å². The van der Waals surface area contributed by atoms with Gasteiger partial charge in [-0.15, -0.1) is 11.8 Å². The predicted octanol–water partition coefficient (Wildman–Crippen LogP) is 2.63. The van der Waals surface area contributed by atoms with Crippen LogP contribution in [0.1, 0.15) is 11.1 Å². The molecule has 1 N–H and O–H groups in total. The first-order valence-electron chi connectivity index (χ1n) is 4.46. The van der Waals surface area contributed by atoms with Gasteiger partial charge in [0.1, 0.15) is 0 Å². The summed E-state index contributed by atoms with van der Waals surface area (Å²) in [6.45, 7) is 3.18. The molecule has 0 spiro atoms. The second-order valence-corrected chi connectivity index (χ2v) is 4.28. The van der Waals surface area contributed by atoms with Gasteiger partial charge in [-0.2, -0.15) is 0 Å². The van der Waals surface area contributed by atoms with Crippen molar-refractivity contribution >= 4 is 17.8 Å². The summed E-state index contributed by atoms with van der Waals surface area (Å²) >= 11 is 1.90. The third kappa shape index (κ3) is 2.14. The van der Waals surface area contributed by atoms with Crippen LogP contribution in [0, 0.1) is 6.92 Å². The van der Waals surface area contributed by atoms with Gasteiger partial charge < -0.3 is 5.32 Å². The fourth-order valence-electron chi connectivity index (χ4n) is 1.38. The molecule has 1 heterocycles. The maximum atomic E-state index is 3.31. The number of nitrogens with one attached hydrogen (secondary N) is 1. The molecule has 13 heavy (non-hydrogen) atoms. The van der Waals surface area contributed by atoms with Crippen LogP contribution in [0.4, 0.5) is 0 Å². The lowest BCUT2D eigenvalue weighted by atomic mass is 10.1. The zero-order chi connectivity index (χ0) is 9.10. The molecule has 0 aromatic heterocycles. The minimum Gasteiger partial charge on any atom is -0.303 e. The molecule has 1 aromatic carbocycles. The Hall–Kier alpha value is -0.730. The molecule has 2 heteroatoms. The van der Waals surface area contributed by atoms with E-state index in [4.69, 9.17) is 0 Å². The van der Waals surface area contributed by atoms with Crippen molar-refractivity contribution in [3.8, 4) is 0 Å². The van der Waals surface area contributed by atoms with Gasteiger partial charge in [-0.25, -0.2) is 0 Å². The van der Waals surface area contributed by atoms with Gasteiger partial charge in [0.05, 0.1) is 0 Å². The summed E-state index contributed by atoms with van der Waals surface area (Å²) in [4.78, 5) is 1.44. The average molecular weight is 191 g/mol. The summed E-state index contributed by atoms with van der Waals surface area (Å²) in [5.74, 6) is 1.05. The summed E-state index contributed by atoms with van der Waals surface area (Å²) in [5, 5.41) is 3.31. The fourth-order valence-corrected chi connectivity index (χ4v) is 2.19. The molecule has 0 bridgehead atoms. The second kappa shape index (κ2) is 3.99. The third-order valence-corrected chi connectivity index (χ3v) is 3.15. The standard InChI is InChI=1S/C11H13NS/c1-9-4-2-3-5-10(9)6-11-7-12-8-13-11/h2-6,12H,7-8H2,1H3/b11-6+. The Morgan fingerprint density at radius 1 is 1.38 bits per heavy atom. The van der Waals surface area contributed by atoms with E-state index in [2.05, 4.69) is 42.6 Å². The first-order chi connectivity index (χ1) is 6.36. The predicted molar refractivity (Wildman–Crippen MR) is 59.6 cm³/mol. The van der Waals surface area contributed by atoms with E-state index in [1.807, 2.05) is 11.8 Å². The maximum absolute atomic E-state index is 3.31. The number of aryl methyl sites for hydroxylation is 1. The molecular weight excluding hydrogens is 178 g/mol. The van der Waals surface area contributed by atoms with E-state index in [1.54, 1.807) is 0 Å². The molecule has 0 unspecified atom stereocenters. The van der Waals surface area contributed by atoms with Crippen molar-refractivity contribution in [2.45, 2.75) is 6.92 Å². The van der Waals surface area contributed by atoms with Crippen molar-refractivity contribution in [3.63, 3.8) is 0 Å². The third-order valence-electron chi connectivity index (χ3n) is 2.16. The van der Waals surface area contributed by atoms with Crippen LogP contribution in [0.5, 0.6) is 0 Å². The molecule has 1 fully saturated rings. The van der Waals surface area contributed by atoms with Crippen molar-refractivity contribution in [3.05, 3.63) is 40.3 Å². The van der Waals surface area contributed by atoms with E-state index in [9.17, 15) is 0 Å². The molecule has 1 aliphatic rings. The highest BCUT2D eigenvalue weighted by atomic mass is 32.2. The average Bonchev–Trinajstić information content (AvgIpc) is 2.61. The molecule has 68 valence electrons. The Bertz CT molecular complexity index is 323. The zero-order valence-electron chi connectivity index (χ0n) is 7.71. The number of rotatable bonds is 1. The van der Waals surface area contributed by atoms with Crippen LogP contribution < -0.4 is 5.32 Å². The van der Waals surface area contributed by atoms with Crippen LogP contribution in [-0.2, 0) is 0 Å². The van der Waals surface area contributed by atoms with E-state index < -0.39 is 0 Å². The molecule has 1 saturated heterocycles. The van der Waals surface area contributed by atoms with Gasteiger partial charge in [0, 0.05) is 17.3 Å². The number of thioether (sulfide) groups is 1. The smallest absolute Gasteiger partial charge is 0.0465 e. The van der Waals surface area contributed by atoms with Gasteiger partial charge in [0.25, 0.3) is 0 Å². The first kappa shape index (κ1) is 8.85. The van der Waals surface area contributed by atoms with Crippen LogP contribution in [-0.4, -0.2) is 12.4 Å². The van der Waals surface area contributed by atoms with Crippen molar-refractivity contribution in [1.29, 1.82) is 0 Å². The van der Waals surface area contributed by atoms with Crippen LogP contribution in [0.2, 0.25) is 0 Å². The van der Waals surface area contributed by atoms with Crippen LogP contribution in [0.25, 0.3) is 6.08 Å². The van der Waals surface area contributed by atoms with Crippen molar-refractivity contribution in [2.75, 3.05) is 12.4 Å². The topological polar surface area (TPSA) is 12.0 Å². The fraction of sp³-hybridized carbons (Fsp3) is 0.273. The molecule has 0 saturated carbocycles. The van der Waals surface area contributed by atoms with Gasteiger partial charge in [0.15, 0.2) is 0 Å². The van der Waals surface area contributed by atoms with Crippen molar-refractivity contribution in [1.82, 2.24) is 5.32 Å². The maximum Gasteiger partial charge on any atom is 0.0465 e. The van der Waals surface area contributed by atoms with Crippen molar-refractivity contribution in [2.24, 2.45) is 0 Å². The summed E-state index contributed by atoms with van der Waals surface area (Å²) in [7, 11) is 0. The molecule has 0 radical (unpaired) electrons. The second-order valence-electron chi connectivity index (χ2n) is 3.18. The lowest BCUT2D eigenvalue weighted by molar-refractivity contribution is 0.916. The Kier molecular flexibility index (Phi) is 2.71. The monoisotopic (exact) mass is 191 g/mol. The highest BCUT2D eigenvalue weighted by Crippen LogP contribution is 2.23. The van der Waals surface area contributed by atoms with Crippen LogP contribution in [0.15, 0.2) is 29.2 Å². The Morgan fingerprint density at radius 3 is 2.92 bits per heavy atom. The highest BCUT2D eigenvalue weighted by Gasteiger charge is 2.05. The van der Waals surface area contributed by atoms with E-state index in [1.165, 1.54) is 16.0 Å². The number of benzene rings is 1. The highest BCUT2D eigenvalue weighted by molar-refractivity contribution is 8.03.